The summed E-state index contributed by atoms with van der Waals surface area (Å²) in [5, 5.41) is 11.5. The molecule has 2 aromatic rings. The second-order valence-corrected chi connectivity index (χ2v) is 5.29. The first-order chi connectivity index (χ1) is 10.1. The second kappa shape index (κ2) is 6.81. The Balaban J connectivity index is 2.01. The number of hydrogen-bond acceptors (Lipinski definition) is 4. The summed E-state index contributed by atoms with van der Waals surface area (Å²) in [6, 6.07) is 7.20. The Labute approximate surface area is 126 Å². The number of nitrogens with one attached hydrogen (secondary N) is 1. The zero-order valence-corrected chi connectivity index (χ0v) is 12.1. The highest BCUT2D eigenvalue weighted by molar-refractivity contribution is 7.11. The van der Waals surface area contributed by atoms with Crippen molar-refractivity contribution in [2.75, 3.05) is 0 Å². The van der Waals surface area contributed by atoms with Crippen LogP contribution in [-0.2, 0) is 4.79 Å². The molecule has 0 spiro atoms. The number of hydrogen-bond donors (Lipinski definition) is 2. The van der Waals surface area contributed by atoms with Crippen LogP contribution in [0.3, 0.4) is 0 Å². The topological polar surface area (TPSA) is 79.3 Å². The molecule has 5 nitrogen and oxygen atoms in total. The molecule has 0 saturated heterocycles. The van der Waals surface area contributed by atoms with Crippen LogP contribution in [0.25, 0.3) is 6.08 Å². The molecule has 0 radical (unpaired) electrons. The first kappa shape index (κ1) is 14.9. The van der Waals surface area contributed by atoms with E-state index in [1.807, 2.05) is 31.2 Å². The molecule has 0 aliphatic heterocycles. The van der Waals surface area contributed by atoms with Gasteiger partial charge < -0.3 is 10.4 Å². The van der Waals surface area contributed by atoms with E-state index < -0.39 is 5.97 Å². The van der Waals surface area contributed by atoms with Crippen LogP contribution in [0, 0.1) is 0 Å². The first-order valence-electron chi connectivity index (χ1n) is 6.26. The summed E-state index contributed by atoms with van der Waals surface area (Å²) in [5.74, 6) is -1.14. The minimum atomic E-state index is -0.982. The highest BCUT2D eigenvalue weighted by Gasteiger charge is 2.12. The lowest BCUT2D eigenvalue weighted by Gasteiger charge is -2.13. The van der Waals surface area contributed by atoms with Gasteiger partial charge in [0.05, 0.1) is 17.7 Å². The van der Waals surface area contributed by atoms with E-state index in [0.29, 0.717) is 4.88 Å². The predicted octanol–water partition coefficient (Wildman–Crippen LogP) is 2.73. The van der Waals surface area contributed by atoms with Crippen molar-refractivity contribution in [2.24, 2.45) is 0 Å². The molecule has 108 valence electrons. The van der Waals surface area contributed by atoms with Crippen molar-refractivity contribution in [3.05, 3.63) is 58.1 Å². The molecule has 21 heavy (non-hydrogen) atoms. The van der Waals surface area contributed by atoms with Gasteiger partial charge in [-0.1, -0.05) is 24.3 Å². The van der Waals surface area contributed by atoms with Crippen LogP contribution in [0.4, 0.5) is 0 Å². The zero-order chi connectivity index (χ0) is 15.2. The van der Waals surface area contributed by atoms with Crippen LogP contribution in [0.2, 0.25) is 0 Å². The number of benzene rings is 1. The van der Waals surface area contributed by atoms with Crippen LogP contribution in [-0.4, -0.2) is 22.0 Å². The molecule has 6 heteroatoms. The fourth-order valence-electron chi connectivity index (χ4n) is 1.74. The van der Waals surface area contributed by atoms with Gasteiger partial charge in [0.2, 0.25) is 0 Å². The van der Waals surface area contributed by atoms with E-state index in [-0.39, 0.29) is 11.9 Å². The fourth-order valence-corrected chi connectivity index (χ4v) is 2.27. The van der Waals surface area contributed by atoms with E-state index in [2.05, 4.69) is 10.3 Å². The monoisotopic (exact) mass is 302 g/mol. The van der Waals surface area contributed by atoms with Crippen molar-refractivity contribution in [1.82, 2.24) is 10.3 Å². The summed E-state index contributed by atoms with van der Waals surface area (Å²) in [4.78, 5) is 26.8. The summed E-state index contributed by atoms with van der Waals surface area (Å²) in [6.07, 6.45) is 4.14. The van der Waals surface area contributed by atoms with E-state index in [9.17, 15) is 9.59 Å². The Hall–Kier alpha value is -2.47. The van der Waals surface area contributed by atoms with Crippen molar-refractivity contribution in [3.8, 4) is 0 Å². The second-order valence-electron chi connectivity index (χ2n) is 4.40. The molecule has 1 aromatic carbocycles. The van der Waals surface area contributed by atoms with E-state index in [4.69, 9.17) is 5.11 Å². The van der Waals surface area contributed by atoms with Gasteiger partial charge in [0.15, 0.2) is 0 Å². The highest BCUT2D eigenvalue weighted by atomic mass is 32.1. The van der Waals surface area contributed by atoms with Crippen LogP contribution in [0.1, 0.15) is 33.8 Å². The Morgan fingerprint density at radius 3 is 2.62 bits per heavy atom. The van der Waals surface area contributed by atoms with E-state index in [1.165, 1.54) is 23.6 Å². The van der Waals surface area contributed by atoms with E-state index in [0.717, 1.165) is 17.2 Å². The highest BCUT2D eigenvalue weighted by Crippen LogP contribution is 2.15. The standard InChI is InChI=1S/C15H14N2O3S/c1-10(17-15(20)13-8-16-9-21-13)12-5-2-11(3-6-12)4-7-14(18)19/h2-10H,1H3,(H,17,20)(H,18,19)/b7-4+. The predicted molar refractivity (Wildman–Crippen MR) is 81.1 cm³/mol. The Morgan fingerprint density at radius 1 is 1.33 bits per heavy atom. The van der Waals surface area contributed by atoms with Crippen LogP contribution in [0.15, 0.2) is 42.0 Å². The number of aromatic nitrogens is 1. The van der Waals surface area contributed by atoms with Crippen LogP contribution < -0.4 is 5.32 Å². The maximum atomic E-state index is 11.9. The van der Waals surface area contributed by atoms with Gasteiger partial charge in [-0.05, 0) is 24.1 Å². The number of carboxylic acid groups (broad SMARTS) is 1. The third-order valence-corrected chi connectivity index (χ3v) is 3.63. The van der Waals surface area contributed by atoms with Crippen molar-refractivity contribution >= 4 is 29.3 Å². The largest absolute Gasteiger partial charge is 0.478 e. The minimum absolute atomic E-state index is 0.142. The van der Waals surface area contributed by atoms with Crippen molar-refractivity contribution in [2.45, 2.75) is 13.0 Å². The van der Waals surface area contributed by atoms with E-state index in [1.54, 1.807) is 5.51 Å². The molecule has 0 bridgehead atoms. The molecular weight excluding hydrogens is 288 g/mol. The summed E-state index contributed by atoms with van der Waals surface area (Å²) in [6.45, 7) is 1.89. The fraction of sp³-hybridized carbons (Fsp3) is 0.133. The summed E-state index contributed by atoms with van der Waals surface area (Å²) in [7, 11) is 0. The number of aliphatic carboxylic acids is 1. The van der Waals surface area contributed by atoms with Crippen molar-refractivity contribution < 1.29 is 14.7 Å². The van der Waals surface area contributed by atoms with Gasteiger partial charge >= 0.3 is 5.97 Å². The Kier molecular flexibility index (Phi) is 4.84. The lowest BCUT2D eigenvalue weighted by atomic mass is 10.1. The summed E-state index contributed by atoms with van der Waals surface area (Å²) >= 11 is 1.29. The van der Waals surface area contributed by atoms with Crippen molar-refractivity contribution in [1.29, 1.82) is 0 Å². The molecule has 0 saturated carbocycles. The minimum Gasteiger partial charge on any atom is -0.478 e. The number of nitrogens with zero attached hydrogens (tertiary/aromatic N) is 1. The number of thiazole rings is 1. The normalized spacial score (nSPS) is 12.2. The molecule has 1 unspecified atom stereocenters. The maximum absolute atomic E-state index is 11.9. The van der Waals surface area contributed by atoms with Gasteiger partial charge in [0.1, 0.15) is 4.88 Å². The number of amides is 1. The molecule has 1 atom stereocenters. The van der Waals surface area contributed by atoms with Gasteiger partial charge in [-0.2, -0.15) is 0 Å². The first-order valence-corrected chi connectivity index (χ1v) is 7.14. The number of rotatable bonds is 5. The van der Waals surface area contributed by atoms with E-state index >= 15 is 0 Å². The molecule has 0 fully saturated rings. The summed E-state index contributed by atoms with van der Waals surface area (Å²) in [5.41, 5.74) is 3.35. The molecule has 0 aliphatic carbocycles. The quantitative estimate of drug-likeness (QED) is 0.832. The van der Waals surface area contributed by atoms with Gasteiger partial charge in [-0.15, -0.1) is 11.3 Å². The average Bonchev–Trinajstić information content (AvgIpc) is 3.00. The molecule has 1 amide bonds. The van der Waals surface area contributed by atoms with Crippen LogP contribution >= 0.6 is 11.3 Å². The van der Waals surface area contributed by atoms with Gasteiger partial charge in [0.25, 0.3) is 5.91 Å². The smallest absolute Gasteiger partial charge is 0.328 e. The van der Waals surface area contributed by atoms with Gasteiger partial charge in [-0.3, -0.25) is 9.78 Å². The molecule has 1 heterocycles. The SMILES string of the molecule is CC(NC(=O)c1cncs1)c1ccc(/C=C/C(=O)O)cc1. The third kappa shape index (κ3) is 4.25. The number of carbonyl (C=O) groups excluding carboxylic acids is 1. The molecule has 2 rings (SSSR count). The lowest BCUT2D eigenvalue weighted by molar-refractivity contribution is -0.131. The Bertz CT molecular complexity index is 648. The lowest BCUT2D eigenvalue weighted by Crippen LogP contribution is -2.25. The Morgan fingerprint density at radius 2 is 2.05 bits per heavy atom. The number of carbonyl (C=O) groups is 2. The van der Waals surface area contributed by atoms with Gasteiger partial charge in [0, 0.05) is 6.08 Å². The molecular formula is C15H14N2O3S. The maximum Gasteiger partial charge on any atom is 0.328 e. The summed E-state index contributed by atoms with van der Waals surface area (Å²) < 4.78 is 0. The molecule has 2 N–H and O–H groups in total. The third-order valence-electron chi connectivity index (χ3n) is 2.86. The van der Waals surface area contributed by atoms with Crippen molar-refractivity contribution in [3.63, 3.8) is 0 Å². The molecule has 0 aliphatic rings. The van der Waals surface area contributed by atoms with Crippen LogP contribution in [0.5, 0.6) is 0 Å². The molecule has 1 aromatic heterocycles. The van der Waals surface area contributed by atoms with Gasteiger partial charge in [-0.25, -0.2) is 4.79 Å². The zero-order valence-electron chi connectivity index (χ0n) is 11.3. The number of carboxylic acids is 1. The average molecular weight is 302 g/mol.